The summed E-state index contributed by atoms with van der Waals surface area (Å²) in [4.78, 5) is 25.8. The summed E-state index contributed by atoms with van der Waals surface area (Å²) >= 11 is 1.40. The van der Waals surface area contributed by atoms with Crippen LogP contribution in [0.2, 0.25) is 0 Å². The molecular formula is C26H36O3S. The van der Waals surface area contributed by atoms with Crippen LogP contribution < -0.4 is 0 Å². The van der Waals surface area contributed by atoms with Crippen molar-refractivity contribution >= 4 is 23.1 Å². The van der Waals surface area contributed by atoms with Crippen LogP contribution in [0.5, 0.6) is 0 Å². The van der Waals surface area contributed by atoms with E-state index in [0.29, 0.717) is 4.88 Å². The third-order valence-electron chi connectivity index (χ3n) is 6.40. The van der Waals surface area contributed by atoms with Gasteiger partial charge in [-0.05, 0) is 61.4 Å². The van der Waals surface area contributed by atoms with E-state index < -0.39 is 5.97 Å². The van der Waals surface area contributed by atoms with E-state index >= 15 is 0 Å². The van der Waals surface area contributed by atoms with Crippen molar-refractivity contribution in [1.82, 2.24) is 0 Å². The molecule has 1 N–H and O–H groups in total. The minimum absolute atomic E-state index is 0.0188. The Balaban J connectivity index is 2.44. The molecule has 0 amide bonds. The van der Waals surface area contributed by atoms with E-state index in [1.165, 1.54) is 28.0 Å². The maximum Gasteiger partial charge on any atom is 0.346 e. The van der Waals surface area contributed by atoms with Crippen molar-refractivity contribution in [2.24, 2.45) is 11.3 Å². The van der Waals surface area contributed by atoms with Gasteiger partial charge in [0.2, 0.25) is 0 Å². The van der Waals surface area contributed by atoms with Crippen LogP contribution in [0.1, 0.15) is 91.2 Å². The maximum atomic E-state index is 12.6. The van der Waals surface area contributed by atoms with Crippen molar-refractivity contribution in [3.8, 4) is 0 Å². The van der Waals surface area contributed by atoms with Gasteiger partial charge in [0.25, 0.3) is 0 Å². The lowest BCUT2D eigenvalue weighted by Gasteiger charge is -2.32. The van der Waals surface area contributed by atoms with Gasteiger partial charge in [0, 0.05) is 21.6 Å². The van der Waals surface area contributed by atoms with Crippen molar-refractivity contribution in [2.75, 3.05) is 0 Å². The number of carbonyl (C=O) groups is 2. The number of carbonyl (C=O) groups excluding carboxylic acids is 1. The Labute approximate surface area is 185 Å². The first-order valence-corrected chi connectivity index (χ1v) is 11.7. The Hall–Kier alpha value is -1.94. The Kier molecular flexibility index (Phi) is 7.34. The molecule has 3 nitrogen and oxygen atoms in total. The fraction of sp³-hybridized carbons (Fsp3) is 0.538. The van der Waals surface area contributed by atoms with E-state index in [9.17, 15) is 14.7 Å². The van der Waals surface area contributed by atoms with E-state index in [1.807, 2.05) is 34.6 Å². The molecule has 1 aromatic heterocycles. The summed E-state index contributed by atoms with van der Waals surface area (Å²) in [6.07, 6.45) is 2.55. The largest absolute Gasteiger partial charge is 0.477 e. The van der Waals surface area contributed by atoms with Gasteiger partial charge in [-0.15, -0.1) is 11.3 Å². The standard InChI is InChI=1S/C26H36O3S/c1-9-26(10-2,21-15-17(4)22(30-21)24(28)29)20-12-11-19(16(3)14-20)13-18(5)23(27)25(6,7)8/h11-12,14-15,18H,9-10,13H2,1-8H3,(H,28,29). The molecule has 2 aromatic rings. The molecule has 0 aliphatic carbocycles. The zero-order chi connectivity index (χ0) is 22.9. The topological polar surface area (TPSA) is 54.4 Å². The van der Waals surface area contributed by atoms with Crippen molar-refractivity contribution in [1.29, 1.82) is 0 Å². The summed E-state index contributed by atoms with van der Waals surface area (Å²) in [5, 5.41) is 9.51. The molecule has 0 aliphatic heterocycles. The Morgan fingerprint density at radius 3 is 2.07 bits per heavy atom. The van der Waals surface area contributed by atoms with Crippen LogP contribution in [-0.2, 0) is 16.6 Å². The number of ketones is 1. The minimum Gasteiger partial charge on any atom is -0.477 e. The van der Waals surface area contributed by atoms with Gasteiger partial charge in [-0.2, -0.15) is 0 Å². The Morgan fingerprint density at radius 2 is 1.63 bits per heavy atom. The number of aryl methyl sites for hydroxylation is 2. The van der Waals surface area contributed by atoms with Gasteiger partial charge in [0.05, 0.1) is 0 Å². The van der Waals surface area contributed by atoms with Gasteiger partial charge < -0.3 is 5.11 Å². The van der Waals surface area contributed by atoms with Gasteiger partial charge >= 0.3 is 5.97 Å². The highest BCUT2D eigenvalue weighted by Crippen LogP contribution is 2.44. The third kappa shape index (κ3) is 4.69. The first-order chi connectivity index (χ1) is 13.9. The lowest BCUT2D eigenvalue weighted by Crippen LogP contribution is -2.28. The molecule has 0 saturated carbocycles. The number of hydrogen-bond donors (Lipinski definition) is 1. The minimum atomic E-state index is -0.853. The zero-order valence-electron chi connectivity index (χ0n) is 19.7. The van der Waals surface area contributed by atoms with Crippen LogP contribution in [0, 0.1) is 25.2 Å². The second-order valence-electron chi connectivity index (χ2n) is 9.58. The SMILES string of the molecule is CCC(CC)(c1ccc(CC(C)C(=O)C(C)(C)C)c(C)c1)c1cc(C)c(C(=O)O)s1. The summed E-state index contributed by atoms with van der Waals surface area (Å²) in [6, 6.07) is 8.63. The van der Waals surface area contributed by atoms with Crippen LogP contribution in [-0.4, -0.2) is 16.9 Å². The van der Waals surface area contributed by atoms with Gasteiger partial charge in [0.1, 0.15) is 10.7 Å². The van der Waals surface area contributed by atoms with Gasteiger partial charge in [-0.3, -0.25) is 4.79 Å². The molecule has 1 aromatic carbocycles. The van der Waals surface area contributed by atoms with E-state index in [1.54, 1.807) is 0 Å². The summed E-state index contributed by atoms with van der Waals surface area (Å²) < 4.78 is 0. The van der Waals surface area contributed by atoms with Crippen molar-refractivity contribution in [3.05, 3.63) is 56.3 Å². The Morgan fingerprint density at radius 1 is 1.03 bits per heavy atom. The molecule has 0 aliphatic rings. The summed E-state index contributed by atoms with van der Waals surface area (Å²) in [7, 11) is 0. The number of aromatic carboxylic acids is 1. The normalized spacial score (nSPS) is 13.3. The predicted octanol–water partition coefficient (Wildman–Crippen LogP) is 6.96. The molecule has 0 fully saturated rings. The van der Waals surface area contributed by atoms with E-state index in [4.69, 9.17) is 0 Å². The van der Waals surface area contributed by atoms with Crippen molar-refractivity contribution in [3.63, 3.8) is 0 Å². The Bertz CT molecular complexity index is 926. The fourth-order valence-electron chi connectivity index (χ4n) is 4.46. The number of rotatable bonds is 8. The molecule has 1 atom stereocenters. The maximum absolute atomic E-state index is 12.6. The average Bonchev–Trinajstić information content (AvgIpc) is 3.06. The molecule has 2 rings (SSSR count). The van der Waals surface area contributed by atoms with Crippen LogP contribution >= 0.6 is 11.3 Å². The highest BCUT2D eigenvalue weighted by molar-refractivity contribution is 7.14. The molecule has 0 radical (unpaired) electrons. The lowest BCUT2D eigenvalue weighted by atomic mass is 9.73. The highest BCUT2D eigenvalue weighted by atomic mass is 32.1. The molecule has 1 unspecified atom stereocenters. The monoisotopic (exact) mass is 428 g/mol. The number of benzene rings is 1. The first-order valence-electron chi connectivity index (χ1n) is 10.9. The van der Waals surface area contributed by atoms with Crippen LogP contribution in [0.15, 0.2) is 24.3 Å². The fourth-order valence-corrected chi connectivity index (χ4v) is 5.83. The molecule has 0 saturated heterocycles. The third-order valence-corrected chi connectivity index (χ3v) is 7.83. The molecule has 0 spiro atoms. The number of carboxylic acid groups (broad SMARTS) is 1. The predicted molar refractivity (Wildman–Crippen MR) is 126 cm³/mol. The van der Waals surface area contributed by atoms with Gasteiger partial charge in [0.15, 0.2) is 0 Å². The second-order valence-corrected chi connectivity index (χ2v) is 10.6. The highest BCUT2D eigenvalue weighted by Gasteiger charge is 2.34. The van der Waals surface area contributed by atoms with Crippen LogP contribution in [0.25, 0.3) is 0 Å². The summed E-state index contributed by atoms with van der Waals surface area (Å²) in [5.74, 6) is -0.582. The van der Waals surface area contributed by atoms with E-state index in [-0.39, 0.29) is 22.5 Å². The number of Topliss-reactive ketones (excluding diaryl/α,β-unsaturated/α-hetero) is 1. The first kappa shape index (κ1) is 24.3. The number of hydrogen-bond acceptors (Lipinski definition) is 3. The number of carboxylic acids is 1. The summed E-state index contributed by atoms with van der Waals surface area (Å²) in [6.45, 7) is 16.3. The molecule has 30 heavy (non-hydrogen) atoms. The quantitative estimate of drug-likeness (QED) is 0.494. The van der Waals surface area contributed by atoms with E-state index in [0.717, 1.165) is 29.7 Å². The van der Waals surface area contributed by atoms with Gasteiger partial charge in [-0.25, -0.2) is 4.79 Å². The molecule has 164 valence electrons. The molecule has 1 heterocycles. The molecular weight excluding hydrogens is 392 g/mol. The summed E-state index contributed by atoms with van der Waals surface area (Å²) in [5.41, 5.74) is 3.93. The molecule has 0 bridgehead atoms. The van der Waals surface area contributed by atoms with E-state index in [2.05, 4.69) is 45.0 Å². The van der Waals surface area contributed by atoms with Crippen LogP contribution in [0.3, 0.4) is 0 Å². The lowest BCUT2D eigenvalue weighted by molar-refractivity contribution is -0.129. The molecule has 4 heteroatoms. The number of thiophene rings is 1. The van der Waals surface area contributed by atoms with Crippen molar-refractivity contribution in [2.45, 2.75) is 80.1 Å². The smallest absolute Gasteiger partial charge is 0.346 e. The average molecular weight is 429 g/mol. The van der Waals surface area contributed by atoms with Gasteiger partial charge in [-0.1, -0.05) is 59.7 Å². The zero-order valence-corrected chi connectivity index (χ0v) is 20.5. The van der Waals surface area contributed by atoms with Crippen LogP contribution in [0.4, 0.5) is 0 Å². The van der Waals surface area contributed by atoms with Crippen molar-refractivity contribution < 1.29 is 14.7 Å². The second kappa shape index (κ2) is 9.05.